The molecule has 3 aromatic rings. The van der Waals surface area contributed by atoms with Gasteiger partial charge in [0.05, 0.1) is 11.1 Å². The second-order valence-corrected chi connectivity index (χ2v) is 10.3. The van der Waals surface area contributed by atoms with Crippen molar-refractivity contribution in [3.8, 4) is 0 Å². The molecule has 0 radical (unpaired) electrons. The lowest BCUT2D eigenvalue weighted by molar-refractivity contribution is -0.123. The number of nitrogens with one attached hydrogen (secondary N) is 3. The van der Waals surface area contributed by atoms with E-state index in [1.54, 1.807) is 22.8 Å². The summed E-state index contributed by atoms with van der Waals surface area (Å²) in [5.41, 5.74) is 3.75. The van der Waals surface area contributed by atoms with Gasteiger partial charge in [0.25, 0.3) is 11.8 Å². The van der Waals surface area contributed by atoms with Crippen molar-refractivity contribution in [1.82, 2.24) is 15.3 Å². The zero-order valence-corrected chi connectivity index (χ0v) is 20.7. The predicted molar refractivity (Wildman–Crippen MR) is 138 cm³/mol. The highest BCUT2D eigenvalue weighted by atomic mass is 32.1. The van der Waals surface area contributed by atoms with Crippen molar-refractivity contribution in [2.75, 3.05) is 17.3 Å². The highest BCUT2D eigenvalue weighted by molar-refractivity contribution is 7.07. The molecule has 0 aliphatic heterocycles. The second kappa shape index (κ2) is 10.2. The van der Waals surface area contributed by atoms with E-state index in [1.165, 1.54) is 17.8 Å². The van der Waals surface area contributed by atoms with Crippen LogP contribution in [0.3, 0.4) is 0 Å². The summed E-state index contributed by atoms with van der Waals surface area (Å²) in [4.78, 5) is 48.2. The average Bonchev–Trinajstić information content (AvgIpc) is 3.64. The smallest absolute Gasteiger partial charge is 0.276 e. The van der Waals surface area contributed by atoms with Gasteiger partial charge in [0.1, 0.15) is 11.5 Å². The summed E-state index contributed by atoms with van der Waals surface area (Å²) in [5, 5.41) is 8.34. The first-order chi connectivity index (χ1) is 17.0. The van der Waals surface area contributed by atoms with Crippen LogP contribution in [-0.2, 0) is 4.79 Å². The van der Waals surface area contributed by atoms with E-state index in [1.807, 2.05) is 18.2 Å². The highest BCUT2D eigenvalue weighted by Gasteiger charge is 2.27. The fourth-order valence-corrected chi connectivity index (χ4v) is 5.84. The fourth-order valence-electron chi connectivity index (χ4n) is 5.30. The number of rotatable bonds is 6. The van der Waals surface area contributed by atoms with Crippen molar-refractivity contribution >= 4 is 51.5 Å². The van der Waals surface area contributed by atoms with Crippen LogP contribution in [0.5, 0.6) is 0 Å². The summed E-state index contributed by atoms with van der Waals surface area (Å²) in [7, 11) is 1.81. The lowest BCUT2D eigenvalue weighted by Crippen LogP contribution is -2.34. The van der Waals surface area contributed by atoms with Crippen LogP contribution in [0.25, 0.3) is 10.9 Å². The van der Waals surface area contributed by atoms with Gasteiger partial charge in [0.2, 0.25) is 5.91 Å². The number of H-pyrrole nitrogens is 1. The molecule has 184 valence electrons. The van der Waals surface area contributed by atoms with Crippen LogP contribution in [0.15, 0.2) is 29.1 Å². The Bertz CT molecular complexity index is 1220. The number of hydrogen-bond donors (Lipinski definition) is 3. The quantitative estimate of drug-likeness (QED) is 0.444. The molecule has 2 aliphatic carbocycles. The zero-order valence-electron chi connectivity index (χ0n) is 19.9. The zero-order chi connectivity index (χ0) is 24.4. The van der Waals surface area contributed by atoms with E-state index in [0.29, 0.717) is 28.0 Å². The molecule has 0 bridgehead atoms. The first kappa shape index (κ1) is 23.5. The third kappa shape index (κ3) is 4.96. The first-order valence-corrected chi connectivity index (χ1v) is 13.4. The molecule has 3 N–H and O–H groups in total. The van der Waals surface area contributed by atoms with Crippen molar-refractivity contribution in [2.45, 2.75) is 63.8 Å². The number of aromatic amines is 1. The summed E-state index contributed by atoms with van der Waals surface area (Å²) < 4.78 is 0. The maximum absolute atomic E-state index is 13.3. The Morgan fingerprint density at radius 2 is 1.77 bits per heavy atom. The standard InChI is InChI=1S/C26H31N5O3S/c1-31(26(34)16-7-3-2-4-8-16)18-11-12-19-20(13-18)29-23(30-24(32)21-14-35-15-27-21)22(19)25(33)28-17-9-5-6-10-17/h11-17,29H,2-10H2,1H3,(H,28,33)(H,30,32). The average molecular weight is 494 g/mol. The van der Waals surface area contributed by atoms with Crippen LogP contribution in [0.4, 0.5) is 11.5 Å². The first-order valence-electron chi connectivity index (χ1n) is 12.4. The van der Waals surface area contributed by atoms with E-state index in [-0.39, 0.29) is 29.7 Å². The number of carbonyl (C=O) groups excluding carboxylic acids is 3. The topological polar surface area (TPSA) is 107 Å². The van der Waals surface area contributed by atoms with Gasteiger partial charge in [-0.2, -0.15) is 0 Å². The minimum Gasteiger partial charge on any atom is -0.349 e. The number of fused-ring (bicyclic) bond motifs is 1. The molecule has 0 spiro atoms. The molecule has 2 aliphatic rings. The Balaban J connectivity index is 1.46. The van der Waals surface area contributed by atoms with E-state index < -0.39 is 0 Å². The molecule has 2 fully saturated rings. The molecule has 35 heavy (non-hydrogen) atoms. The number of carbonyl (C=O) groups is 3. The maximum atomic E-state index is 13.3. The van der Waals surface area contributed by atoms with E-state index in [0.717, 1.165) is 57.1 Å². The van der Waals surface area contributed by atoms with Crippen LogP contribution in [0.1, 0.15) is 78.6 Å². The molecular formula is C26H31N5O3S. The number of thiazole rings is 1. The molecule has 3 amide bonds. The number of hydrogen-bond acceptors (Lipinski definition) is 5. The normalized spacial score (nSPS) is 16.9. The summed E-state index contributed by atoms with van der Waals surface area (Å²) in [6, 6.07) is 5.75. The number of nitrogens with zero attached hydrogens (tertiary/aromatic N) is 2. The van der Waals surface area contributed by atoms with Crippen molar-refractivity contribution in [1.29, 1.82) is 0 Å². The Kier molecular flexibility index (Phi) is 6.86. The Labute approximate surface area is 208 Å². The second-order valence-electron chi connectivity index (χ2n) is 9.62. The Morgan fingerprint density at radius 3 is 2.49 bits per heavy atom. The minimum atomic E-state index is -0.377. The van der Waals surface area contributed by atoms with Gasteiger partial charge in [0.15, 0.2) is 0 Å². The van der Waals surface area contributed by atoms with E-state index in [9.17, 15) is 14.4 Å². The number of benzene rings is 1. The van der Waals surface area contributed by atoms with Gasteiger partial charge >= 0.3 is 0 Å². The van der Waals surface area contributed by atoms with E-state index in [2.05, 4.69) is 20.6 Å². The van der Waals surface area contributed by atoms with Gasteiger partial charge in [-0.1, -0.05) is 32.1 Å². The summed E-state index contributed by atoms with van der Waals surface area (Å²) >= 11 is 1.34. The number of aromatic nitrogens is 2. The van der Waals surface area contributed by atoms with Gasteiger partial charge < -0.3 is 20.5 Å². The molecule has 2 saturated carbocycles. The monoisotopic (exact) mass is 493 g/mol. The van der Waals surface area contributed by atoms with Gasteiger partial charge in [0, 0.05) is 41.0 Å². The summed E-state index contributed by atoms with van der Waals surface area (Å²) in [6.45, 7) is 0. The number of amides is 3. The van der Waals surface area contributed by atoms with Crippen LogP contribution in [0, 0.1) is 5.92 Å². The van der Waals surface area contributed by atoms with Crippen LogP contribution in [-0.4, -0.2) is 40.8 Å². The third-order valence-electron chi connectivity index (χ3n) is 7.28. The molecule has 0 atom stereocenters. The predicted octanol–water partition coefficient (Wildman–Crippen LogP) is 5.09. The van der Waals surface area contributed by atoms with Crippen molar-refractivity contribution in [2.24, 2.45) is 5.92 Å². The third-order valence-corrected chi connectivity index (χ3v) is 7.86. The molecule has 0 saturated heterocycles. The van der Waals surface area contributed by atoms with Gasteiger partial charge in [-0.25, -0.2) is 4.98 Å². The van der Waals surface area contributed by atoms with Crippen molar-refractivity contribution in [3.05, 3.63) is 40.3 Å². The van der Waals surface area contributed by atoms with Crippen molar-refractivity contribution < 1.29 is 14.4 Å². The van der Waals surface area contributed by atoms with E-state index >= 15 is 0 Å². The Hall–Kier alpha value is -3.20. The fraction of sp³-hybridized carbons (Fsp3) is 0.462. The molecular weight excluding hydrogens is 462 g/mol. The lowest BCUT2D eigenvalue weighted by atomic mass is 9.88. The lowest BCUT2D eigenvalue weighted by Gasteiger charge is -2.26. The SMILES string of the molecule is CN(C(=O)C1CCCCC1)c1ccc2c(C(=O)NC3CCCC3)c(NC(=O)c3cscn3)[nH]c2c1. The summed E-state index contributed by atoms with van der Waals surface area (Å²) in [5.74, 6) is -0.0544. The van der Waals surface area contributed by atoms with Crippen LogP contribution in [0.2, 0.25) is 0 Å². The van der Waals surface area contributed by atoms with Crippen LogP contribution >= 0.6 is 11.3 Å². The van der Waals surface area contributed by atoms with Crippen LogP contribution < -0.4 is 15.5 Å². The van der Waals surface area contributed by atoms with Gasteiger partial charge in [-0.3, -0.25) is 14.4 Å². The maximum Gasteiger partial charge on any atom is 0.276 e. The highest BCUT2D eigenvalue weighted by Crippen LogP contribution is 2.32. The molecule has 1 aromatic carbocycles. The van der Waals surface area contributed by atoms with Gasteiger partial charge in [-0.15, -0.1) is 11.3 Å². The molecule has 2 heterocycles. The molecule has 0 unspecified atom stereocenters. The molecule has 9 heteroatoms. The number of anilines is 2. The molecule has 5 rings (SSSR count). The summed E-state index contributed by atoms with van der Waals surface area (Å²) in [6.07, 6.45) is 9.41. The van der Waals surface area contributed by atoms with Crippen molar-refractivity contribution in [3.63, 3.8) is 0 Å². The van der Waals surface area contributed by atoms with Gasteiger partial charge in [-0.05, 0) is 43.9 Å². The molecule has 8 nitrogen and oxygen atoms in total. The Morgan fingerprint density at radius 1 is 1.03 bits per heavy atom. The largest absolute Gasteiger partial charge is 0.349 e. The minimum absolute atomic E-state index is 0.0637. The molecule has 2 aromatic heterocycles. The van der Waals surface area contributed by atoms with E-state index in [4.69, 9.17) is 0 Å².